The second kappa shape index (κ2) is 5.31. The van der Waals surface area contributed by atoms with Crippen molar-refractivity contribution >= 4 is 27.6 Å². The van der Waals surface area contributed by atoms with Crippen molar-refractivity contribution in [3.63, 3.8) is 0 Å². The van der Waals surface area contributed by atoms with Crippen molar-refractivity contribution in [2.45, 2.75) is 38.1 Å². The lowest BCUT2D eigenvalue weighted by atomic mass is 9.76. The first kappa shape index (κ1) is 13.4. The van der Waals surface area contributed by atoms with E-state index in [1.165, 1.54) is 6.42 Å². The smallest absolute Gasteiger partial charge is 0.329 e. The highest BCUT2D eigenvalue weighted by Gasteiger charge is 2.37. The van der Waals surface area contributed by atoms with E-state index in [1.807, 2.05) is 24.3 Å². The Morgan fingerprint density at radius 1 is 1.50 bits per heavy atom. The van der Waals surface area contributed by atoms with Crippen molar-refractivity contribution in [1.82, 2.24) is 0 Å². The number of aliphatic carboxylic acids is 1. The van der Waals surface area contributed by atoms with E-state index in [0.717, 1.165) is 23.0 Å². The summed E-state index contributed by atoms with van der Waals surface area (Å²) >= 11 is 3.44. The predicted octanol–water partition coefficient (Wildman–Crippen LogP) is 3.89. The molecule has 0 heterocycles. The molecule has 1 aliphatic carbocycles. The summed E-state index contributed by atoms with van der Waals surface area (Å²) in [6.07, 6.45) is 4.22. The van der Waals surface area contributed by atoms with Crippen LogP contribution in [0.5, 0.6) is 0 Å². The van der Waals surface area contributed by atoms with Gasteiger partial charge >= 0.3 is 5.97 Å². The quantitative estimate of drug-likeness (QED) is 0.867. The van der Waals surface area contributed by atoms with Gasteiger partial charge < -0.3 is 10.4 Å². The largest absolute Gasteiger partial charge is 0.480 e. The summed E-state index contributed by atoms with van der Waals surface area (Å²) in [6, 6.07) is 7.62. The van der Waals surface area contributed by atoms with Gasteiger partial charge in [-0.3, -0.25) is 0 Å². The van der Waals surface area contributed by atoms with Gasteiger partial charge in [-0.05, 0) is 47.3 Å². The maximum atomic E-state index is 11.5. The molecule has 1 saturated carbocycles. The van der Waals surface area contributed by atoms with Gasteiger partial charge in [-0.2, -0.15) is 0 Å². The van der Waals surface area contributed by atoms with Gasteiger partial charge in [-0.15, -0.1) is 0 Å². The Hall–Kier alpha value is -1.03. The molecule has 1 aromatic carbocycles. The highest BCUT2D eigenvalue weighted by atomic mass is 79.9. The summed E-state index contributed by atoms with van der Waals surface area (Å²) < 4.78 is 0.895. The number of rotatable bonds is 5. The lowest BCUT2D eigenvalue weighted by molar-refractivity contribution is -0.142. The zero-order valence-electron chi connectivity index (χ0n) is 10.4. The van der Waals surface area contributed by atoms with Crippen molar-refractivity contribution in [2.75, 3.05) is 5.32 Å². The van der Waals surface area contributed by atoms with Gasteiger partial charge in [0.2, 0.25) is 0 Å². The standard InChI is InChI=1S/C14H18BrNO2/c1-14(13(17)18,9-10-5-4-6-10)16-12-8-3-2-7-11(12)15/h2-3,7-8,10,16H,4-6,9H2,1H3,(H,17,18). The molecule has 0 spiro atoms. The number of anilines is 1. The van der Waals surface area contributed by atoms with Crippen molar-refractivity contribution < 1.29 is 9.90 Å². The van der Waals surface area contributed by atoms with Crippen LogP contribution < -0.4 is 5.32 Å². The maximum Gasteiger partial charge on any atom is 0.329 e. The number of carboxylic acids is 1. The summed E-state index contributed by atoms with van der Waals surface area (Å²) in [5.74, 6) is -0.244. The Morgan fingerprint density at radius 3 is 2.67 bits per heavy atom. The van der Waals surface area contributed by atoms with Crippen LogP contribution in [0.25, 0.3) is 0 Å². The Balaban J connectivity index is 2.14. The average molecular weight is 312 g/mol. The molecule has 0 radical (unpaired) electrons. The van der Waals surface area contributed by atoms with E-state index in [9.17, 15) is 9.90 Å². The molecule has 18 heavy (non-hydrogen) atoms. The van der Waals surface area contributed by atoms with E-state index >= 15 is 0 Å². The normalized spacial score (nSPS) is 18.8. The van der Waals surface area contributed by atoms with E-state index in [2.05, 4.69) is 21.2 Å². The van der Waals surface area contributed by atoms with E-state index in [-0.39, 0.29) is 0 Å². The second-order valence-corrected chi connectivity index (χ2v) is 6.10. The summed E-state index contributed by atoms with van der Waals surface area (Å²) in [4.78, 5) is 11.5. The van der Waals surface area contributed by atoms with Crippen molar-refractivity contribution in [3.8, 4) is 0 Å². The first-order valence-electron chi connectivity index (χ1n) is 6.27. The lowest BCUT2D eigenvalue weighted by Crippen LogP contribution is -2.46. The molecule has 1 unspecified atom stereocenters. The third kappa shape index (κ3) is 2.86. The molecule has 2 rings (SSSR count). The molecule has 4 heteroatoms. The number of benzene rings is 1. The summed E-state index contributed by atoms with van der Waals surface area (Å²) in [5.41, 5.74) is -0.0590. The molecule has 1 atom stereocenters. The minimum absolute atomic E-state index is 0.543. The van der Waals surface area contributed by atoms with Crippen molar-refractivity contribution in [2.24, 2.45) is 5.92 Å². The van der Waals surface area contributed by atoms with Gasteiger partial charge in [-0.1, -0.05) is 31.4 Å². The molecule has 0 saturated heterocycles. The van der Waals surface area contributed by atoms with Crippen LogP contribution in [0.15, 0.2) is 28.7 Å². The van der Waals surface area contributed by atoms with Crippen molar-refractivity contribution in [3.05, 3.63) is 28.7 Å². The van der Waals surface area contributed by atoms with Crippen LogP contribution >= 0.6 is 15.9 Å². The number of halogens is 1. The maximum absolute atomic E-state index is 11.5. The fourth-order valence-electron chi connectivity index (χ4n) is 2.33. The second-order valence-electron chi connectivity index (χ2n) is 5.24. The number of carbonyl (C=O) groups is 1. The van der Waals surface area contributed by atoms with Crippen LogP contribution in [-0.2, 0) is 4.79 Å². The first-order chi connectivity index (χ1) is 8.51. The van der Waals surface area contributed by atoms with Crippen LogP contribution in [0.1, 0.15) is 32.6 Å². The highest BCUT2D eigenvalue weighted by molar-refractivity contribution is 9.10. The molecular weight excluding hydrogens is 294 g/mol. The van der Waals surface area contributed by atoms with E-state index < -0.39 is 11.5 Å². The van der Waals surface area contributed by atoms with Crippen LogP contribution in [0.4, 0.5) is 5.69 Å². The Bertz CT molecular complexity index is 445. The minimum Gasteiger partial charge on any atom is -0.480 e. The molecule has 0 aliphatic heterocycles. The fourth-order valence-corrected chi connectivity index (χ4v) is 2.71. The van der Waals surface area contributed by atoms with Gasteiger partial charge in [0, 0.05) is 10.2 Å². The number of nitrogens with one attached hydrogen (secondary N) is 1. The topological polar surface area (TPSA) is 49.3 Å². The lowest BCUT2D eigenvalue weighted by Gasteiger charge is -2.35. The summed E-state index contributed by atoms with van der Waals surface area (Å²) in [7, 11) is 0. The number of carboxylic acid groups (broad SMARTS) is 1. The first-order valence-corrected chi connectivity index (χ1v) is 7.07. The van der Waals surface area contributed by atoms with Gasteiger partial charge in [0.05, 0.1) is 0 Å². The van der Waals surface area contributed by atoms with Gasteiger partial charge in [0.15, 0.2) is 0 Å². The Morgan fingerprint density at radius 2 is 2.17 bits per heavy atom. The fraction of sp³-hybridized carbons (Fsp3) is 0.500. The van der Waals surface area contributed by atoms with E-state index in [0.29, 0.717) is 12.3 Å². The molecule has 1 aliphatic rings. The van der Waals surface area contributed by atoms with Crippen LogP contribution in [0, 0.1) is 5.92 Å². The van der Waals surface area contributed by atoms with Crippen LogP contribution in [0.3, 0.4) is 0 Å². The molecule has 0 amide bonds. The Labute approximate surface area is 116 Å². The zero-order chi connectivity index (χ0) is 13.2. The van der Waals surface area contributed by atoms with Crippen molar-refractivity contribution in [1.29, 1.82) is 0 Å². The SMILES string of the molecule is CC(CC1CCC1)(Nc1ccccc1Br)C(=O)O. The summed E-state index contributed by atoms with van der Waals surface area (Å²) in [5, 5.41) is 12.7. The third-order valence-corrected chi connectivity index (χ3v) is 4.37. The van der Waals surface area contributed by atoms with E-state index in [4.69, 9.17) is 0 Å². The van der Waals surface area contributed by atoms with Crippen LogP contribution in [-0.4, -0.2) is 16.6 Å². The number of hydrogen-bond donors (Lipinski definition) is 2. The molecule has 3 nitrogen and oxygen atoms in total. The molecule has 0 bridgehead atoms. The number of para-hydroxylation sites is 1. The molecule has 1 aromatic rings. The van der Waals surface area contributed by atoms with Gasteiger partial charge in [-0.25, -0.2) is 4.79 Å². The summed E-state index contributed by atoms with van der Waals surface area (Å²) in [6.45, 7) is 1.77. The van der Waals surface area contributed by atoms with Crippen LogP contribution in [0.2, 0.25) is 0 Å². The predicted molar refractivity (Wildman–Crippen MR) is 75.8 cm³/mol. The highest BCUT2D eigenvalue weighted by Crippen LogP contribution is 2.36. The molecule has 2 N–H and O–H groups in total. The van der Waals surface area contributed by atoms with Gasteiger partial charge in [0.25, 0.3) is 0 Å². The molecular formula is C14H18BrNO2. The Kier molecular flexibility index (Phi) is 3.95. The average Bonchev–Trinajstić information content (AvgIpc) is 2.27. The zero-order valence-corrected chi connectivity index (χ0v) is 12.0. The number of hydrogen-bond acceptors (Lipinski definition) is 2. The monoisotopic (exact) mass is 311 g/mol. The molecule has 0 aromatic heterocycles. The molecule has 98 valence electrons. The minimum atomic E-state index is -0.894. The third-order valence-electron chi connectivity index (χ3n) is 3.68. The van der Waals surface area contributed by atoms with Gasteiger partial charge in [0.1, 0.15) is 5.54 Å². The molecule has 1 fully saturated rings. The van der Waals surface area contributed by atoms with E-state index in [1.54, 1.807) is 6.92 Å².